The van der Waals surface area contributed by atoms with Gasteiger partial charge in [0.2, 0.25) is 0 Å². The summed E-state index contributed by atoms with van der Waals surface area (Å²) >= 11 is 0. The second kappa shape index (κ2) is 6.54. The molecule has 1 aliphatic carbocycles. The van der Waals surface area contributed by atoms with Crippen molar-refractivity contribution in [2.24, 2.45) is 5.41 Å². The molecule has 1 N–H and O–H groups in total. The lowest BCUT2D eigenvalue weighted by Gasteiger charge is -2.38. The molecular formula is C21H27N3O2. The molecule has 2 aromatic heterocycles. The van der Waals surface area contributed by atoms with E-state index in [0.717, 1.165) is 30.8 Å². The van der Waals surface area contributed by atoms with Crippen molar-refractivity contribution in [3.8, 4) is 11.6 Å². The number of hydrogen-bond acceptors (Lipinski definition) is 4. The van der Waals surface area contributed by atoms with Crippen LogP contribution in [-0.4, -0.2) is 28.0 Å². The van der Waals surface area contributed by atoms with Crippen LogP contribution in [-0.2, 0) is 13.0 Å². The molecule has 3 heterocycles. The van der Waals surface area contributed by atoms with Gasteiger partial charge >= 0.3 is 0 Å². The van der Waals surface area contributed by atoms with Crippen molar-refractivity contribution in [3.05, 3.63) is 51.2 Å². The molecule has 0 bridgehead atoms. The Morgan fingerprint density at radius 2 is 2.19 bits per heavy atom. The highest BCUT2D eigenvalue weighted by Gasteiger charge is 2.31. The third-order valence-electron chi connectivity index (χ3n) is 5.97. The molecule has 2 aromatic rings. The molecule has 0 unspecified atom stereocenters. The average Bonchev–Trinajstić information content (AvgIpc) is 3.13. The van der Waals surface area contributed by atoms with E-state index < -0.39 is 0 Å². The van der Waals surface area contributed by atoms with E-state index in [1.807, 2.05) is 6.07 Å². The van der Waals surface area contributed by atoms with Crippen LogP contribution in [0.1, 0.15) is 51.3 Å². The van der Waals surface area contributed by atoms with Crippen molar-refractivity contribution in [2.75, 3.05) is 13.1 Å². The van der Waals surface area contributed by atoms with Gasteiger partial charge in [0.25, 0.3) is 5.56 Å². The predicted octanol–water partition coefficient (Wildman–Crippen LogP) is 3.91. The van der Waals surface area contributed by atoms with Crippen LogP contribution in [0.4, 0.5) is 0 Å². The van der Waals surface area contributed by atoms with Crippen LogP contribution in [0.3, 0.4) is 0 Å². The number of H-pyrrole nitrogens is 1. The molecule has 138 valence electrons. The topological polar surface area (TPSA) is 62.1 Å². The van der Waals surface area contributed by atoms with Crippen LogP contribution in [0.2, 0.25) is 0 Å². The monoisotopic (exact) mass is 353 g/mol. The minimum absolute atomic E-state index is 0.0419. The molecule has 0 atom stereocenters. The molecule has 1 aliphatic heterocycles. The van der Waals surface area contributed by atoms with E-state index in [0.29, 0.717) is 18.1 Å². The predicted molar refractivity (Wildman–Crippen MR) is 102 cm³/mol. The minimum Gasteiger partial charge on any atom is -0.461 e. The molecule has 0 fully saturated rings. The zero-order valence-electron chi connectivity index (χ0n) is 15.9. The highest BCUT2D eigenvalue weighted by Crippen LogP contribution is 2.40. The van der Waals surface area contributed by atoms with Gasteiger partial charge in [-0.2, -0.15) is 0 Å². The molecule has 0 radical (unpaired) electrons. The quantitative estimate of drug-likeness (QED) is 0.850. The van der Waals surface area contributed by atoms with E-state index in [9.17, 15) is 4.79 Å². The number of furan rings is 1. The molecule has 5 nitrogen and oxygen atoms in total. The van der Waals surface area contributed by atoms with Gasteiger partial charge in [-0.15, -0.1) is 0 Å². The average molecular weight is 353 g/mol. The zero-order valence-corrected chi connectivity index (χ0v) is 15.9. The molecule has 0 spiro atoms. The Kier molecular flexibility index (Phi) is 4.35. The first kappa shape index (κ1) is 17.3. The van der Waals surface area contributed by atoms with Crippen molar-refractivity contribution >= 4 is 0 Å². The van der Waals surface area contributed by atoms with Gasteiger partial charge in [-0.1, -0.05) is 25.0 Å². The number of nitrogens with zero attached hydrogens (tertiary/aromatic N) is 2. The van der Waals surface area contributed by atoms with Crippen LogP contribution in [0.15, 0.2) is 38.8 Å². The normalized spacial score (nSPS) is 20.3. The summed E-state index contributed by atoms with van der Waals surface area (Å²) in [5, 5.41) is 0. The number of fused-ring (bicyclic) bond motifs is 1. The largest absolute Gasteiger partial charge is 0.461 e. The van der Waals surface area contributed by atoms with Crippen molar-refractivity contribution in [3.63, 3.8) is 0 Å². The summed E-state index contributed by atoms with van der Waals surface area (Å²) in [6.45, 7) is 9.55. The first-order chi connectivity index (χ1) is 12.4. The van der Waals surface area contributed by atoms with Gasteiger partial charge in [-0.3, -0.25) is 9.69 Å². The summed E-state index contributed by atoms with van der Waals surface area (Å²) in [7, 11) is 0. The maximum absolute atomic E-state index is 12.6. The summed E-state index contributed by atoms with van der Waals surface area (Å²) in [6, 6.07) is 3.62. The van der Waals surface area contributed by atoms with Crippen molar-refractivity contribution < 1.29 is 4.42 Å². The summed E-state index contributed by atoms with van der Waals surface area (Å²) in [6.07, 6.45) is 6.14. The van der Waals surface area contributed by atoms with Crippen molar-refractivity contribution in [2.45, 2.75) is 53.0 Å². The number of allylic oxidation sites excluding steroid dienone is 1. The Bertz CT molecular complexity index is 890. The number of hydrogen-bond donors (Lipinski definition) is 1. The molecule has 2 aliphatic rings. The second-order valence-corrected chi connectivity index (χ2v) is 8.27. The van der Waals surface area contributed by atoms with E-state index in [-0.39, 0.29) is 11.0 Å². The molecule has 0 saturated heterocycles. The molecule has 0 saturated carbocycles. The third kappa shape index (κ3) is 3.16. The Hall–Kier alpha value is -2.14. The number of nitrogens with one attached hydrogen (secondary N) is 1. The third-order valence-corrected chi connectivity index (χ3v) is 5.97. The fourth-order valence-electron chi connectivity index (χ4n) is 4.39. The Balaban J connectivity index is 1.58. The highest BCUT2D eigenvalue weighted by atomic mass is 16.3. The van der Waals surface area contributed by atoms with Gasteiger partial charge in [0, 0.05) is 26.1 Å². The second-order valence-electron chi connectivity index (χ2n) is 8.27. The maximum Gasteiger partial charge on any atom is 0.256 e. The fourth-order valence-corrected chi connectivity index (χ4v) is 4.39. The summed E-state index contributed by atoms with van der Waals surface area (Å²) in [5.41, 5.74) is 5.02. The van der Waals surface area contributed by atoms with E-state index in [2.05, 4.69) is 35.6 Å². The van der Waals surface area contributed by atoms with Gasteiger partial charge in [0.15, 0.2) is 11.6 Å². The maximum atomic E-state index is 12.6. The van der Waals surface area contributed by atoms with Crippen LogP contribution in [0, 0.1) is 5.41 Å². The van der Waals surface area contributed by atoms with Crippen LogP contribution in [0.5, 0.6) is 0 Å². The van der Waals surface area contributed by atoms with Gasteiger partial charge in [0.1, 0.15) is 0 Å². The standard InChI is InChI=1S/C21H27N3O2/c1-14-6-4-9-21(2,3)16(14)13-24-10-8-17-15(12-24)20(25)23-19(22-17)18-7-5-11-26-18/h5,7,11H,4,6,8-10,12-13H2,1-3H3,(H,22,23,25). The number of aromatic amines is 1. The SMILES string of the molecule is CC1=C(CN2CCc3nc(-c4ccco4)[nH]c(=O)c3C2)C(C)(C)CCC1. The van der Waals surface area contributed by atoms with Gasteiger partial charge < -0.3 is 9.40 Å². The molecular weight excluding hydrogens is 326 g/mol. The number of aromatic nitrogens is 2. The molecule has 0 amide bonds. The molecule has 5 heteroatoms. The summed E-state index contributed by atoms with van der Waals surface area (Å²) in [5.74, 6) is 1.14. The lowest BCUT2D eigenvalue weighted by Crippen LogP contribution is -2.39. The smallest absolute Gasteiger partial charge is 0.256 e. The number of rotatable bonds is 3. The molecule has 0 aromatic carbocycles. The first-order valence-electron chi connectivity index (χ1n) is 9.51. The Labute approximate surface area is 154 Å². The first-order valence-corrected chi connectivity index (χ1v) is 9.51. The lowest BCUT2D eigenvalue weighted by molar-refractivity contribution is 0.238. The van der Waals surface area contributed by atoms with Crippen LogP contribution >= 0.6 is 0 Å². The highest BCUT2D eigenvalue weighted by molar-refractivity contribution is 5.47. The zero-order chi connectivity index (χ0) is 18.3. The van der Waals surface area contributed by atoms with E-state index in [1.165, 1.54) is 24.8 Å². The van der Waals surface area contributed by atoms with Crippen molar-refractivity contribution in [1.29, 1.82) is 0 Å². The van der Waals surface area contributed by atoms with E-state index >= 15 is 0 Å². The Morgan fingerprint density at radius 3 is 2.92 bits per heavy atom. The summed E-state index contributed by atoms with van der Waals surface area (Å²) < 4.78 is 5.37. The van der Waals surface area contributed by atoms with E-state index in [4.69, 9.17) is 4.42 Å². The lowest BCUT2D eigenvalue weighted by atomic mass is 9.72. The van der Waals surface area contributed by atoms with Gasteiger partial charge in [-0.05, 0) is 43.7 Å². The van der Waals surface area contributed by atoms with Gasteiger partial charge in [0.05, 0.1) is 17.5 Å². The van der Waals surface area contributed by atoms with Crippen LogP contribution in [0.25, 0.3) is 11.6 Å². The van der Waals surface area contributed by atoms with Crippen LogP contribution < -0.4 is 5.56 Å². The molecule has 4 rings (SSSR count). The van der Waals surface area contributed by atoms with E-state index in [1.54, 1.807) is 17.9 Å². The van der Waals surface area contributed by atoms with Crippen molar-refractivity contribution in [1.82, 2.24) is 14.9 Å². The fraction of sp³-hybridized carbons (Fsp3) is 0.524. The molecule has 26 heavy (non-hydrogen) atoms. The summed E-state index contributed by atoms with van der Waals surface area (Å²) in [4.78, 5) is 22.6. The Morgan fingerprint density at radius 1 is 1.35 bits per heavy atom. The minimum atomic E-state index is -0.0419. The van der Waals surface area contributed by atoms with Gasteiger partial charge in [-0.25, -0.2) is 4.98 Å².